The zero-order chi connectivity index (χ0) is 20.7. The van der Waals surface area contributed by atoms with Crippen LogP contribution in [0, 0.1) is 0 Å². The van der Waals surface area contributed by atoms with Gasteiger partial charge < -0.3 is 19.3 Å². The Hall–Kier alpha value is -3.61. The second-order valence-electron chi connectivity index (χ2n) is 7.58. The number of carboxylic acids is 1. The minimum absolute atomic E-state index is 0.0184. The number of nitrogens with zero attached hydrogens (tertiary/aromatic N) is 3. The van der Waals surface area contributed by atoms with Crippen LogP contribution in [-0.4, -0.2) is 51.3 Å². The Morgan fingerprint density at radius 3 is 2.33 bits per heavy atom. The van der Waals surface area contributed by atoms with E-state index in [4.69, 9.17) is 4.74 Å². The van der Waals surface area contributed by atoms with Gasteiger partial charge in [0.1, 0.15) is 6.61 Å². The molecule has 5 rings (SSSR count). The molecule has 2 heterocycles. The zero-order valence-corrected chi connectivity index (χ0v) is 16.3. The molecule has 0 fully saturated rings. The number of imidazole rings is 1. The number of aromatic nitrogens is 2. The first-order chi connectivity index (χ1) is 14.6. The van der Waals surface area contributed by atoms with Crippen LogP contribution >= 0.6 is 0 Å². The van der Waals surface area contributed by atoms with Crippen molar-refractivity contribution >= 4 is 12.1 Å². The molecule has 1 amide bonds. The van der Waals surface area contributed by atoms with Crippen molar-refractivity contribution in [1.29, 1.82) is 0 Å². The van der Waals surface area contributed by atoms with E-state index < -0.39 is 5.97 Å². The minimum atomic E-state index is -1.04. The maximum absolute atomic E-state index is 12.8. The van der Waals surface area contributed by atoms with Crippen LogP contribution in [0.2, 0.25) is 0 Å². The van der Waals surface area contributed by atoms with Crippen LogP contribution in [0.15, 0.2) is 54.9 Å². The van der Waals surface area contributed by atoms with Crippen molar-refractivity contribution in [3.05, 3.63) is 77.4 Å². The third kappa shape index (κ3) is 3.03. The van der Waals surface area contributed by atoms with E-state index in [1.165, 1.54) is 28.6 Å². The van der Waals surface area contributed by atoms with Gasteiger partial charge in [0.25, 0.3) is 0 Å². The molecule has 152 valence electrons. The number of hydrogen-bond donors (Lipinski definition) is 1. The second-order valence-corrected chi connectivity index (χ2v) is 7.58. The van der Waals surface area contributed by atoms with E-state index in [9.17, 15) is 14.7 Å². The van der Waals surface area contributed by atoms with Gasteiger partial charge in [-0.25, -0.2) is 14.6 Å². The molecule has 0 bridgehead atoms. The Morgan fingerprint density at radius 2 is 1.67 bits per heavy atom. The molecule has 1 N–H and O–H groups in total. The summed E-state index contributed by atoms with van der Waals surface area (Å²) in [7, 11) is 0. The summed E-state index contributed by atoms with van der Waals surface area (Å²) in [5.41, 5.74) is 5.45. The quantitative estimate of drug-likeness (QED) is 0.725. The Morgan fingerprint density at radius 1 is 1.00 bits per heavy atom. The number of ether oxygens (including phenoxy) is 1. The molecule has 0 atom stereocenters. The molecule has 2 aromatic carbocycles. The van der Waals surface area contributed by atoms with Crippen molar-refractivity contribution in [2.45, 2.75) is 18.9 Å². The summed E-state index contributed by atoms with van der Waals surface area (Å²) in [6, 6.07) is 16.5. The summed E-state index contributed by atoms with van der Waals surface area (Å²) in [4.78, 5) is 29.7. The van der Waals surface area contributed by atoms with Gasteiger partial charge in [0, 0.05) is 32.0 Å². The molecule has 0 saturated carbocycles. The number of carbonyl (C=O) groups is 2. The van der Waals surface area contributed by atoms with Crippen molar-refractivity contribution in [3.8, 4) is 11.1 Å². The average molecular weight is 403 g/mol. The highest BCUT2D eigenvalue weighted by Crippen LogP contribution is 2.44. The first-order valence-electron chi connectivity index (χ1n) is 10.0. The summed E-state index contributed by atoms with van der Waals surface area (Å²) in [6.07, 6.45) is 1.60. The number of aromatic carboxylic acids is 1. The summed E-state index contributed by atoms with van der Waals surface area (Å²) in [5, 5.41) is 9.28. The SMILES string of the molecule is O=C(O)c1ncn2c1CCN(C(=O)OCC1c3ccccc3-c3ccccc31)CC2. The smallest absolute Gasteiger partial charge is 0.409 e. The first kappa shape index (κ1) is 18.4. The molecule has 1 aromatic heterocycles. The van der Waals surface area contributed by atoms with Gasteiger partial charge in [-0.15, -0.1) is 0 Å². The third-order valence-corrected chi connectivity index (χ3v) is 5.97. The number of fused-ring (bicyclic) bond motifs is 4. The zero-order valence-electron chi connectivity index (χ0n) is 16.3. The van der Waals surface area contributed by atoms with Crippen molar-refractivity contribution in [2.24, 2.45) is 0 Å². The predicted molar refractivity (Wildman–Crippen MR) is 110 cm³/mol. The topological polar surface area (TPSA) is 84.7 Å². The van der Waals surface area contributed by atoms with Crippen LogP contribution in [0.5, 0.6) is 0 Å². The van der Waals surface area contributed by atoms with Gasteiger partial charge in [0.2, 0.25) is 0 Å². The van der Waals surface area contributed by atoms with Gasteiger partial charge in [-0.2, -0.15) is 0 Å². The minimum Gasteiger partial charge on any atom is -0.476 e. The molecule has 0 spiro atoms. The molecule has 7 heteroatoms. The highest BCUT2D eigenvalue weighted by Gasteiger charge is 2.30. The van der Waals surface area contributed by atoms with Gasteiger partial charge in [-0.1, -0.05) is 48.5 Å². The number of carboxylic acid groups (broad SMARTS) is 1. The Kier molecular flexibility index (Phi) is 4.50. The molecular weight excluding hydrogens is 382 g/mol. The second kappa shape index (κ2) is 7.33. The van der Waals surface area contributed by atoms with E-state index in [0.29, 0.717) is 31.7 Å². The summed E-state index contributed by atoms with van der Waals surface area (Å²) in [5.74, 6) is -1.02. The summed E-state index contributed by atoms with van der Waals surface area (Å²) >= 11 is 0. The van der Waals surface area contributed by atoms with Gasteiger partial charge in [0.05, 0.1) is 12.0 Å². The number of amides is 1. The van der Waals surface area contributed by atoms with Crippen LogP contribution < -0.4 is 0 Å². The van der Waals surface area contributed by atoms with Crippen LogP contribution in [-0.2, 0) is 17.7 Å². The third-order valence-electron chi connectivity index (χ3n) is 5.97. The monoisotopic (exact) mass is 403 g/mol. The maximum Gasteiger partial charge on any atom is 0.409 e. The van der Waals surface area contributed by atoms with Crippen molar-refractivity contribution < 1.29 is 19.4 Å². The fraction of sp³-hybridized carbons (Fsp3) is 0.261. The van der Waals surface area contributed by atoms with E-state index in [1.54, 1.807) is 9.47 Å². The van der Waals surface area contributed by atoms with Crippen LogP contribution in [0.1, 0.15) is 33.2 Å². The van der Waals surface area contributed by atoms with Crippen molar-refractivity contribution in [2.75, 3.05) is 19.7 Å². The molecule has 2 aliphatic rings. The molecular formula is C23H21N3O4. The summed E-state index contributed by atoms with van der Waals surface area (Å²) < 4.78 is 7.54. The standard InChI is InChI=1S/C23H21N3O4/c27-22(28)21-20-9-10-25(11-12-26(20)14-24-21)23(29)30-13-19-17-7-3-1-5-15(17)16-6-2-4-8-18(16)19/h1-8,14,19H,9-13H2,(H,27,28). The molecule has 3 aromatic rings. The Labute approximate surface area is 173 Å². The van der Waals surface area contributed by atoms with E-state index >= 15 is 0 Å². The molecule has 7 nitrogen and oxygen atoms in total. The highest BCUT2D eigenvalue weighted by molar-refractivity contribution is 5.86. The molecule has 0 unspecified atom stereocenters. The molecule has 0 saturated heterocycles. The number of benzene rings is 2. The fourth-order valence-corrected chi connectivity index (χ4v) is 4.49. The van der Waals surface area contributed by atoms with Crippen LogP contribution in [0.4, 0.5) is 4.79 Å². The highest BCUT2D eigenvalue weighted by atomic mass is 16.6. The average Bonchev–Trinajstić information content (AvgIpc) is 3.24. The summed E-state index contributed by atoms with van der Waals surface area (Å²) in [6.45, 7) is 1.64. The lowest BCUT2D eigenvalue weighted by Gasteiger charge is -2.21. The van der Waals surface area contributed by atoms with Crippen LogP contribution in [0.3, 0.4) is 0 Å². The van der Waals surface area contributed by atoms with E-state index in [1.807, 2.05) is 24.3 Å². The lowest BCUT2D eigenvalue weighted by atomic mass is 9.98. The lowest BCUT2D eigenvalue weighted by molar-refractivity contribution is 0.0689. The van der Waals surface area contributed by atoms with Gasteiger partial charge in [-0.3, -0.25) is 0 Å². The molecule has 30 heavy (non-hydrogen) atoms. The van der Waals surface area contributed by atoms with Gasteiger partial charge in [0.15, 0.2) is 5.69 Å². The lowest BCUT2D eigenvalue weighted by Crippen LogP contribution is -2.35. The van der Waals surface area contributed by atoms with Crippen molar-refractivity contribution in [3.63, 3.8) is 0 Å². The van der Waals surface area contributed by atoms with E-state index in [-0.39, 0.29) is 24.3 Å². The van der Waals surface area contributed by atoms with Gasteiger partial charge >= 0.3 is 12.1 Å². The van der Waals surface area contributed by atoms with Crippen LogP contribution in [0.25, 0.3) is 11.1 Å². The first-order valence-corrected chi connectivity index (χ1v) is 10.0. The Balaban J connectivity index is 1.29. The van der Waals surface area contributed by atoms with E-state index in [2.05, 4.69) is 29.2 Å². The molecule has 1 aliphatic carbocycles. The number of carbonyl (C=O) groups excluding carboxylic acids is 1. The van der Waals surface area contributed by atoms with Crippen molar-refractivity contribution in [1.82, 2.24) is 14.5 Å². The number of rotatable bonds is 3. The fourth-order valence-electron chi connectivity index (χ4n) is 4.49. The largest absolute Gasteiger partial charge is 0.476 e. The number of hydrogen-bond acceptors (Lipinski definition) is 4. The molecule has 1 aliphatic heterocycles. The Bertz CT molecular complexity index is 1090. The van der Waals surface area contributed by atoms with Gasteiger partial charge in [-0.05, 0) is 22.3 Å². The normalized spacial score (nSPS) is 15.1. The molecule has 0 radical (unpaired) electrons. The predicted octanol–water partition coefficient (Wildman–Crippen LogP) is 3.39. The maximum atomic E-state index is 12.8. The van der Waals surface area contributed by atoms with E-state index in [0.717, 1.165) is 0 Å².